The lowest BCUT2D eigenvalue weighted by Crippen LogP contribution is -2.27. The maximum Gasteiger partial charge on any atom is 0.262 e. The zero-order valence-corrected chi connectivity index (χ0v) is 16.9. The number of rotatable bonds is 8. The van der Waals surface area contributed by atoms with Crippen molar-refractivity contribution in [2.24, 2.45) is 5.92 Å². The SMILES string of the molecule is Cc1ccc(NC(=O)COc2ccc(S(=O)(=O)NCC(C)C)cc2C)cc1. The minimum Gasteiger partial charge on any atom is -0.483 e. The summed E-state index contributed by atoms with van der Waals surface area (Å²) in [6.45, 7) is 7.80. The van der Waals surface area contributed by atoms with Crippen molar-refractivity contribution in [2.45, 2.75) is 32.6 Å². The van der Waals surface area contributed by atoms with Gasteiger partial charge in [0.15, 0.2) is 6.61 Å². The third kappa shape index (κ3) is 6.37. The van der Waals surface area contributed by atoms with Crippen molar-refractivity contribution < 1.29 is 17.9 Å². The molecule has 7 heteroatoms. The van der Waals surface area contributed by atoms with Crippen LogP contribution in [0.4, 0.5) is 5.69 Å². The van der Waals surface area contributed by atoms with Crippen LogP contribution in [0.15, 0.2) is 47.4 Å². The van der Waals surface area contributed by atoms with Gasteiger partial charge in [-0.05, 0) is 55.7 Å². The summed E-state index contributed by atoms with van der Waals surface area (Å²) in [5.41, 5.74) is 2.45. The van der Waals surface area contributed by atoms with Gasteiger partial charge >= 0.3 is 0 Å². The molecule has 0 heterocycles. The Hall–Kier alpha value is -2.38. The first-order valence-corrected chi connectivity index (χ1v) is 10.3. The summed E-state index contributed by atoms with van der Waals surface area (Å²) in [7, 11) is -3.55. The van der Waals surface area contributed by atoms with Crippen LogP contribution in [-0.4, -0.2) is 27.5 Å². The van der Waals surface area contributed by atoms with Crippen LogP contribution < -0.4 is 14.8 Å². The predicted octanol–water partition coefficient (Wildman–Crippen LogP) is 3.26. The van der Waals surface area contributed by atoms with Gasteiger partial charge < -0.3 is 10.1 Å². The molecule has 1 amide bonds. The van der Waals surface area contributed by atoms with Crippen LogP contribution >= 0.6 is 0 Å². The number of hydrogen-bond acceptors (Lipinski definition) is 4. The fourth-order valence-corrected chi connectivity index (χ4v) is 3.59. The van der Waals surface area contributed by atoms with Crippen LogP contribution in [0.3, 0.4) is 0 Å². The Kier molecular flexibility index (Phi) is 6.98. The number of anilines is 1. The van der Waals surface area contributed by atoms with Crippen LogP contribution in [0.25, 0.3) is 0 Å². The fourth-order valence-electron chi connectivity index (χ4n) is 2.29. The molecule has 146 valence electrons. The first kappa shape index (κ1) is 20.9. The van der Waals surface area contributed by atoms with Gasteiger partial charge in [0, 0.05) is 12.2 Å². The van der Waals surface area contributed by atoms with E-state index < -0.39 is 10.0 Å². The lowest BCUT2D eigenvalue weighted by Gasteiger charge is -2.12. The Labute approximate surface area is 161 Å². The van der Waals surface area contributed by atoms with Gasteiger partial charge in [-0.3, -0.25) is 4.79 Å². The van der Waals surface area contributed by atoms with Crippen LogP contribution in [0.2, 0.25) is 0 Å². The number of ether oxygens (including phenoxy) is 1. The molecule has 0 bridgehead atoms. The Morgan fingerprint density at radius 2 is 1.74 bits per heavy atom. The van der Waals surface area contributed by atoms with E-state index in [0.717, 1.165) is 5.56 Å². The van der Waals surface area contributed by atoms with Gasteiger partial charge in [-0.1, -0.05) is 31.5 Å². The Balaban J connectivity index is 1.97. The molecule has 2 N–H and O–H groups in total. The molecule has 27 heavy (non-hydrogen) atoms. The van der Waals surface area contributed by atoms with Crippen LogP contribution in [-0.2, 0) is 14.8 Å². The van der Waals surface area contributed by atoms with E-state index >= 15 is 0 Å². The second kappa shape index (κ2) is 9.01. The molecule has 0 saturated heterocycles. The van der Waals surface area contributed by atoms with Crippen LogP contribution in [0.5, 0.6) is 5.75 Å². The fraction of sp³-hybridized carbons (Fsp3) is 0.350. The first-order chi connectivity index (χ1) is 12.7. The van der Waals surface area contributed by atoms with E-state index in [-0.39, 0.29) is 23.3 Å². The highest BCUT2D eigenvalue weighted by molar-refractivity contribution is 7.89. The van der Waals surface area contributed by atoms with Gasteiger partial charge in [0.25, 0.3) is 5.91 Å². The number of carbonyl (C=O) groups is 1. The first-order valence-electron chi connectivity index (χ1n) is 8.77. The highest BCUT2D eigenvalue weighted by Crippen LogP contribution is 2.22. The number of nitrogens with one attached hydrogen (secondary N) is 2. The molecule has 2 aromatic carbocycles. The zero-order chi connectivity index (χ0) is 20.0. The van der Waals surface area contributed by atoms with E-state index in [1.165, 1.54) is 12.1 Å². The topological polar surface area (TPSA) is 84.5 Å². The molecule has 0 spiro atoms. The van der Waals surface area contributed by atoms with Crippen molar-refractivity contribution in [1.29, 1.82) is 0 Å². The summed E-state index contributed by atoms with van der Waals surface area (Å²) in [4.78, 5) is 12.2. The average Bonchev–Trinajstić information content (AvgIpc) is 2.61. The summed E-state index contributed by atoms with van der Waals surface area (Å²) in [5.74, 6) is 0.404. The molecule has 2 rings (SSSR count). The summed E-state index contributed by atoms with van der Waals surface area (Å²) in [6.07, 6.45) is 0. The number of aryl methyl sites for hydroxylation is 2. The van der Waals surface area contributed by atoms with Gasteiger partial charge in [0.2, 0.25) is 10.0 Å². The second-order valence-electron chi connectivity index (χ2n) is 6.88. The van der Waals surface area contributed by atoms with Crippen LogP contribution in [0, 0.1) is 19.8 Å². The van der Waals surface area contributed by atoms with Crippen molar-refractivity contribution in [1.82, 2.24) is 4.72 Å². The molecule has 0 radical (unpaired) electrons. The quantitative estimate of drug-likeness (QED) is 0.725. The maximum absolute atomic E-state index is 12.3. The predicted molar refractivity (Wildman–Crippen MR) is 107 cm³/mol. The van der Waals surface area contributed by atoms with Gasteiger partial charge in [-0.2, -0.15) is 0 Å². The van der Waals surface area contributed by atoms with E-state index in [9.17, 15) is 13.2 Å². The number of benzene rings is 2. The molecule has 6 nitrogen and oxygen atoms in total. The van der Waals surface area contributed by atoms with E-state index in [1.807, 2.05) is 45.0 Å². The summed E-state index contributed by atoms with van der Waals surface area (Å²) < 4.78 is 32.7. The standard InChI is InChI=1S/C20H26N2O4S/c1-14(2)12-21-27(24,25)18-9-10-19(16(4)11-18)26-13-20(23)22-17-7-5-15(3)6-8-17/h5-11,14,21H,12-13H2,1-4H3,(H,22,23). The zero-order valence-electron chi connectivity index (χ0n) is 16.1. The number of hydrogen-bond donors (Lipinski definition) is 2. The highest BCUT2D eigenvalue weighted by atomic mass is 32.2. The van der Waals surface area contributed by atoms with E-state index in [2.05, 4.69) is 10.0 Å². The molecule has 2 aromatic rings. The molecule has 0 aliphatic rings. The third-order valence-electron chi connectivity index (χ3n) is 3.83. The molecule has 0 saturated carbocycles. The average molecular weight is 391 g/mol. The largest absolute Gasteiger partial charge is 0.483 e. The maximum atomic E-state index is 12.3. The van der Waals surface area contributed by atoms with E-state index in [0.29, 0.717) is 23.5 Å². The minimum atomic E-state index is -3.55. The lowest BCUT2D eigenvalue weighted by molar-refractivity contribution is -0.118. The van der Waals surface area contributed by atoms with Crippen molar-refractivity contribution >= 4 is 21.6 Å². The van der Waals surface area contributed by atoms with Gasteiger partial charge in [-0.25, -0.2) is 13.1 Å². The molecule has 0 atom stereocenters. The van der Waals surface area contributed by atoms with Gasteiger partial charge in [0.05, 0.1) is 4.90 Å². The van der Waals surface area contributed by atoms with Gasteiger partial charge in [-0.15, -0.1) is 0 Å². The van der Waals surface area contributed by atoms with Crippen molar-refractivity contribution in [3.05, 3.63) is 53.6 Å². The molecule has 0 aliphatic heterocycles. The Bertz CT molecular complexity index is 891. The molecular weight excluding hydrogens is 364 g/mol. The number of sulfonamides is 1. The van der Waals surface area contributed by atoms with E-state index in [4.69, 9.17) is 4.74 Å². The summed E-state index contributed by atoms with van der Waals surface area (Å²) >= 11 is 0. The normalized spacial score (nSPS) is 11.4. The van der Waals surface area contributed by atoms with E-state index in [1.54, 1.807) is 13.0 Å². The highest BCUT2D eigenvalue weighted by Gasteiger charge is 2.16. The minimum absolute atomic E-state index is 0.160. The third-order valence-corrected chi connectivity index (χ3v) is 5.25. The monoisotopic (exact) mass is 390 g/mol. The molecule has 0 fully saturated rings. The molecule has 0 unspecified atom stereocenters. The number of carbonyl (C=O) groups excluding carboxylic acids is 1. The molecular formula is C20H26N2O4S. The molecule has 0 aromatic heterocycles. The Morgan fingerprint density at radius 3 is 2.33 bits per heavy atom. The van der Waals surface area contributed by atoms with Crippen molar-refractivity contribution in [2.75, 3.05) is 18.5 Å². The molecule has 0 aliphatic carbocycles. The van der Waals surface area contributed by atoms with Crippen molar-refractivity contribution in [3.8, 4) is 5.75 Å². The van der Waals surface area contributed by atoms with Crippen molar-refractivity contribution in [3.63, 3.8) is 0 Å². The number of amides is 1. The smallest absolute Gasteiger partial charge is 0.262 e. The summed E-state index contributed by atoms with van der Waals surface area (Å²) in [6, 6.07) is 12.0. The lowest BCUT2D eigenvalue weighted by atomic mass is 10.2. The second-order valence-corrected chi connectivity index (χ2v) is 8.64. The Morgan fingerprint density at radius 1 is 1.07 bits per heavy atom. The van der Waals surface area contributed by atoms with Crippen LogP contribution in [0.1, 0.15) is 25.0 Å². The summed E-state index contributed by atoms with van der Waals surface area (Å²) in [5, 5.41) is 2.75. The van der Waals surface area contributed by atoms with Gasteiger partial charge in [0.1, 0.15) is 5.75 Å².